The number of rotatable bonds is 8. The Morgan fingerprint density at radius 3 is 2.41 bits per heavy atom. The van der Waals surface area contributed by atoms with Gasteiger partial charge in [0.1, 0.15) is 0 Å². The Balaban J connectivity index is 1.69. The van der Waals surface area contributed by atoms with E-state index in [9.17, 15) is 13.2 Å². The van der Waals surface area contributed by atoms with E-state index in [2.05, 4.69) is 24.5 Å². The van der Waals surface area contributed by atoms with Crippen molar-refractivity contribution in [1.29, 1.82) is 0 Å². The van der Waals surface area contributed by atoms with Crippen LogP contribution in [0.5, 0.6) is 0 Å². The summed E-state index contributed by atoms with van der Waals surface area (Å²) in [5.74, 6) is 0.0151. The molecule has 1 amide bonds. The van der Waals surface area contributed by atoms with Crippen LogP contribution in [0.15, 0.2) is 47.4 Å². The van der Waals surface area contributed by atoms with Gasteiger partial charge in [-0.3, -0.25) is 4.79 Å². The monoisotopic (exact) mass is 479 g/mol. The summed E-state index contributed by atoms with van der Waals surface area (Å²) >= 11 is 5.99. The van der Waals surface area contributed by atoms with Crippen LogP contribution in [-0.2, 0) is 19.6 Å². The summed E-state index contributed by atoms with van der Waals surface area (Å²) in [5.41, 5.74) is 2.32. The standard InChI is InChI=1S/C23H30ClN3O4S/c1-16(2)23(18-5-7-19(24)8-6-18)25-15-22(28)26-21-14-20(9-4-17(21)3)32(29,30)27-10-12-31-13-11-27/h4-9,14,16,23,25H,10-13,15H2,1-3H3,(H,26,28). The second-order valence-corrected chi connectivity index (χ2v) is 10.6. The Kier molecular flexibility index (Phi) is 8.30. The fraction of sp³-hybridized carbons (Fsp3) is 0.435. The molecule has 0 saturated carbocycles. The molecule has 1 aliphatic rings. The summed E-state index contributed by atoms with van der Waals surface area (Å²) in [7, 11) is -3.64. The minimum Gasteiger partial charge on any atom is -0.379 e. The number of ether oxygens (including phenoxy) is 1. The van der Waals surface area contributed by atoms with Crippen LogP contribution in [0.1, 0.15) is 31.0 Å². The number of benzene rings is 2. The molecule has 3 rings (SSSR count). The molecular weight excluding hydrogens is 450 g/mol. The van der Waals surface area contributed by atoms with Gasteiger partial charge in [-0.05, 0) is 48.2 Å². The highest BCUT2D eigenvalue weighted by atomic mass is 35.5. The topological polar surface area (TPSA) is 87.7 Å². The van der Waals surface area contributed by atoms with Crippen LogP contribution in [0.4, 0.5) is 5.69 Å². The van der Waals surface area contributed by atoms with E-state index in [1.165, 1.54) is 10.4 Å². The first-order chi connectivity index (χ1) is 15.2. The van der Waals surface area contributed by atoms with Gasteiger partial charge in [0, 0.05) is 29.8 Å². The van der Waals surface area contributed by atoms with Gasteiger partial charge in [-0.2, -0.15) is 4.31 Å². The Morgan fingerprint density at radius 2 is 1.78 bits per heavy atom. The van der Waals surface area contributed by atoms with Crippen molar-refractivity contribution in [3.63, 3.8) is 0 Å². The molecule has 32 heavy (non-hydrogen) atoms. The first-order valence-electron chi connectivity index (χ1n) is 10.7. The summed E-state index contributed by atoms with van der Waals surface area (Å²) in [4.78, 5) is 12.8. The summed E-state index contributed by atoms with van der Waals surface area (Å²) < 4.78 is 32.5. The number of hydrogen-bond donors (Lipinski definition) is 2. The smallest absolute Gasteiger partial charge is 0.243 e. The molecule has 9 heteroatoms. The van der Waals surface area contributed by atoms with E-state index in [1.54, 1.807) is 12.1 Å². The van der Waals surface area contributed by atoms with Gasteiger partial charge in [0.15, 0.2) is 0 Å². The molecule has 0 aliphatic carbocycles. The van der Waals surface area contributed by atoms with Crippen molar-refractivity contribution >= 4 is 33.2 Å². The molecular formula is C23H30ClN3O4S. The molecule has 1 heterocycles. The Hall–Kier alpha value is -1.97. The van der Waals surface area contributed by atoms with Crippen LogP contribution in [-0.4, -0.2) is 51.5 Å². The largest absolute Gasteiger partial charge is 0.379 e. The van der Waals surface area contributed by atoms with Crippen LogP contribution in [0.3, 0.4) is 0 Å². The van der Waals surface area contributed by atoms with Crippen molar-refractivity contribution in [3.05, 3.63) is 58.6 Å². The van der Waals surface area contributed by atoms with Crippen molar-refractivity contribution in [1.82, 2.24) is 9.62 Å². The number of carbonyl (C=O) groups is 1. The molecule has 1 fully saturated rings. The van der Waals surface area contributed by atoms with Crippen molar-refractivity contribution in [2.75, 3.05) is 38.2 Å². The van der Waals surface area contributed by atoms with Crippen LogP contribution < -0.4 is 10.6 Å². The van der Waals surface area contributed by atoms with Gasteiger partial charge in [-0.15, -0.1) is 0 Å². The predicted molar refractivity (Wildman–Crippen MR) is 126 cm³/mol. The summed E-state index contributed by atoms with van der Waals surface area (Å²) in [5, 5.41) is 6.81. The Morgan fingerprint density at radius 1 is 1.12 bits per heavy atom. The maximum absolute atomic E-state index is 12.9. The van der Waals surface area contributed by atoms with E-state index in [4.69, 9.17) is 16.3 Å². The number of hydrogen-bond acceptors (Lipinski definition) is 5. The van der Waals surface area contributed by atoms with Crippen LogP contribution in [0.2, 0.25) is 5.02 Å². The molecule has 2 aromatic rings. The number of nitrogens with one attached hydrogen (secondary N) is 2. The highest BCUT2D eigenvalue weighted by Crippen LogP contribution is 2.25. The van der Waals surface area contributed by atoms with Gasteiger partial charge in [0.05, 0.1) is 24.7 Å². The molecule has 7 nitrogen and oxygen atoms in total. The second kappa shape index (κ2) is 10.8. The molecule has 2 aromatic carbocycles. The highest BCUT2D eigenvalue weighted by molar-refractivity contribution is 7.89. The number of carbonyl (C=O) groups excluding carboxylic acids is 1. The van der Waals surface area contributed by atoms with Crippen molar-refractivity contribution in [2.24, 2.45) is 5.92 Å². The number of nitrogens with zero attached hydrogens (tertiary/aromatic N) is 1. The van der Waals surface area contributed by atoms with Crippen molar-refractivity contribution in [3.8, 4) is 0 Å². The fourth-order valence-corrected chi connectivity index (χ4v) is 5.20. The van der Waals surface area contributed by atoms with Gasteiger partial charge >= 0.3 is 0 Å². The predicted octanol–water partition coefficient (Wildman–Crippen LogP) is 3.59. The van der Waals surface area contributed by atoms with Gasteiger partial charge in [0.25, 0.3) is 0 Å². The van der Waals surface area contributed by atoms with Gasteiger partial charge in [0.2, 0.25) is 15.9 Å². The van der Waals surface area contributed by atoms with Gasteiger partial charge < -0.3 is 15.4 Å². The fourth-order valence-electron chi connectivity index (χ4n) is 3.64. The lowest BCUT2D eigenvalue weighted by molar-refractivity contribution is -0.115. The average Bonchev–Trinajstić information content (AvgIpc) is 2.77. The quantitative estimate of drug-likeness (QED) is 0.604. The van der Waals surface area contributed by atoms with E-state index in [1.807, 2.05) is 31.2 Å². The number of sulfonamides is 1. The van der Waals surface area contributed by atoms with Gasteiger partial charge in [-0.25, -0.2) is 8.42 Å². The maximum atomic E-state index is 12.9. The normalized spacial score (nSPS) is 16.2. The molecule has 1 unspecified atom stereocenters. The number of anilines is 1. The first kappa shape index (κ1) is 24.7. The van der Waals surface area contributed by atoms with Crippen molar-refractivity contribution in [2.45, 2.75) is 31.7 Å². The second-order valence-electron chi connectivity index (χ2n) is 8.20. The molecule has 2 N–H and O–H groups in total. The van der Waals surface area contributed by atoms with E-state index < -0.39 is 10.0 Å². The molecule has 174 valence electrons. The lowest BCUT2D eigenvalue weighted by Crippen LogP contribution is -2.40. The third-order valence-corrected chi connectivity index (χ3v) is 7.62. The van der Waals surface area contributed by atoms with Gasteiger partial charge in [-0.1, -0.05) is 43.6 Å². The Bertz CT molecular complexity index is 1040. The third-order valence-electron chi connectivity index (χ3n) is 5.47. The zero-order valence-electron chi connectivity index (χ0n) is 18.6. The molecule has 1 aliphatic heterocycles. The summed E-state index contributed by atoms with van der Waals surface area (Å²) in [6.45, 7) is 7.48. The average molecular weight is 480 g/mol. The molecule has 0 spiro atoms. The van der Waals surface area contributed by atoms with Crippen LogP contribution in [0, 0.1) is 12.8 Å². The maximum Gasteiger partial charge on any atom is 0.243 e. The zero-order valence-corrected chi connectivity index (χ0v) is 20.2. The number of aryl methyl sites for hydroxylation is 1. The molecule has 1 atom stereocenters. The SMILES string of the molecule is Cc1ccc(S(=O)(=O)N2CCOCC2)cc1NC(=O)CNC(c1ccc(Cl)cc1)C(C)C. The summed E-state index contributed by atoms with van der Waals surface area (Å²) in [6.07, 6.45) is 0. The zero-order chi connectivity index (χ0) is 23.3. The first-order valence-corrected chi connectivity index (χ1v) is 12.5. The molecule has 0 bridgehead atoms. The lowest BCUT2D eigenvalue weighted by Gasteiger charge is -2.26. The number of amides is 1. The van der Waals surface area contributed by atoms with E-state index in [0.717, 1.165) is 11.1 Å². The summed E-state index contributed by atoms with van der Waals surface area (Å²) in [6, 6.07) is 12.3. The molecule has 1 saturated heterocycles. The van der Waals surface area contributed by atoms with Crippen molar-refractivity contribution < 1.29 is 17.9 Å². The molecule has 0 radical (unpaired) electrons. The lowest BCUT2D eigenvalue weighted by atomic mass is 9.96. The number of halogens is 1. The van der Waals surface area contributed by atoms with Crippen LogP contribution in [0.25, 0.3) is 0 Å². The minimum atomic E-state index is -3.64. The van der Waals surface area contributed by atoms with E-state index >= 15 is 0 Å². The minimum absolute atomic E-state index is 0.0212. The highest BCUT2D eigenvalue weighted by Gasteiger charge is 2.27. The number of morpholine rings is 1. The van der Waals surface area contributed by atoms with E-state index in [-0.39, 0.29) is 29.3 Å². The Labute approximate surface area is 195 Å². The third kappa shape index (κ3) is 6.08. The van der Waals surface area contributed by atoms with Crippen LogP contribution >= 0.6 is 11.6 Å². The molecule has 0 aromatic heterocycles. The van der Waals surface area contributed by atoms with E-state index in [0.29, 0.717) is 37.0 Å².